The van der Waals surface area contributed by atoms with Crippen LogP contribution in [0.2, 0.25) is 10.0 Å². The maximum Gasteiger partial charge on any atom is 0.248 e. The van der Waals surface area contributed by atoms with E-state index in [0.29, 0.717) is 21.3 Å². The van der Waals surface area contributed by atoms with Crippen LogP contribution in [0.15, 0.2) is 48.5 Å². The minimum absolute atomic E-state index is 0.0718. The molecule has 0 aliphatic rings. The lowest BCUT2D eigenvalue weighted by molar-refractivity contribution is -0.111. The predicted octanol–water partition coefficient (Wildman–Crippen LogP) is 4.14. The first-order chi connectivity index (χ1) is 10.1. The highest BCUT2D eigenvalue weighted by Crippen LogP contribution is 2.21. The SMILES string of the molecule is O=C(/C=C/c1cc(Cl)ccc1Cl)Nc1cccc(CO)c1. The molecule has 2 aromatic carbocycles. The number of aliphatic hydroxyl groups excluding tert-OH is 1. The number of halogens is 2. The van der Waals surface area contributed by atoms with Crippen LogP contribution in [0.25, 0.3) is 6.08 Å². The molecule has 0 saturated carbocycles. The van der Waals surface area contributed by atoms with Crippen molar-refractivity contribution in [3.8, 4) is 0 Å². The summed E-state index contributed by atoms with van der Waals surface area (Å²) in [5.74, 6) is -0.291. The Labute approximate surface area is 132 Å². The molecule has 0 radical (unpaired) electrons. The summed E-state index contributed by atoms with van der Waals surface area (Å²) >= 11 is 11.9. The molecule has 2 rings (SSSR count). The zero-order chi connectivity index (χ0) is 15.2. The second kappa shape index (κ2) is 7.27. The summed E-state index contributed by atoms with van der Waals surface area (Å²) in [6.07, 6.45) is 2.97. The van der Waals surface area contributed by atoms with Gasteiger partial charge in [0.15, 0.2) is 0 Å². The molecule has 2 aromatic rings. The Hall–Kier alpha value is -1.81. The van der Waals surface area contributed by atoms with Gasteiger partial charge in [0.05, 0.1) is 6.61 Å². The third-order valence-corrected chi connectivity index (χ3v) is 3.33. The van der Waals surface area contributed by atoms with Crippen molar-refractivity contribution in [1.29, 1.82) is 0 Å². The van der Waals surface area contributed by atoms with Gasteiger partial charge in [-0.1, -0.05) is 35.3 Å². The van der Waals surface area contributed by atoms with Crippen molar-refractivity contribution in [3.63, 3.8) is 0 Å². The van der Waals surface area contributed by atoms with Gasteiger partial charge in [-0.25, -0.2) is 0 Å². The fourth-order valence-corrected chi connectivity index (χ4v) is 2.10. The molecular weight excluding hydrogens is 309 g/mol. The fraction of sp³-hybridized carbons (Fsp3) is 0.0625. The van der Waals surface area contributed by atoms with E-state index in [2.05, 4.69) is 5.32 Å². The lowest BCUT2D eigenvalue weighted by Gasteiger charge is -2.04. The average molecular weight is 322 g/mol. The Morgan fingerprint density at radius 3 is 2.76 bits per heavy atom. The van der Waals surface area contributed by atoms with Crippen LogP contribution in [0.4, 0.5) is 5.69 Å². The number of carbonyl (C=O) groups excluding carboxylic acids is 1. The fourth-order valence-electron chi connectivity index (χ4n) is 1.74. The van der Waals surface area contributed by atoms with Crippen LogP contribution in [0.3, 0.4) is 0 Å². The third-order valence-electron chi connectivity index (χ3n) is 2.75. The number of hydrogen-bond acceptors (Lipinski definition) is 2. The summed E-state index contributed by atoms with van der Waals surface area (Å²) in [7, 11) is 0. The van der Waals surface area contributed by atoms with E-state index in [1.54, 1.807) is 48.5 Å². The molecule has 0 aliphatic heterocycles. The first kappa shape index (κ1) is 15.6. The van der Waals surface area contributed by atoms with Crippen molar-refractivity contribution in [2.45, 2.75) is 6.61 Å². The van der Waals surface area contributed by atoms with Gasteiger partial charge in [0.25, 0.3) is 0 Å². The monoisotopic (exact) mass is 321 g/mol. The molecule has 0 unspecified atom stereocenters. The first-order valence-corrected chi connectivity index (χ1v) is 6.98. The van der Waals surface area contributed by atoms with Crippen molar-refractivity contribution in [2.75, 3.05) is 5.32 Å². The predicted molar refractivity (Wildman–Crippen MR) is 86.5 cm³/mol. The maximum atomic E-state index is 11.8. The van der Waals surface area contributed by atoms with E-state index in [1.807, 2.05) is 0 Å². The first-order valence-electron chi connectivity index (χ1n) is 6.22. The standard InChI is InChI=1S/C16H13Cl2NO2/c17-13-5-6-15(18)12(9-13)4-7-16(21)19-14-3-1-2-11(8-14)10-20/h1-9,20H,10H2,(H,19,21)/b7-4+. The number of aliphatic hydroxyl groups is 1. The smallest absolute Gasteiger partial charge is 0.248 e. The number of carbonyl (C=O) groups is 1. The molecule has 1 amide bonds. The van der Waals surface area contributed by atoms with Crippen LogP contribution in [0.5, 0.6) is 0 Å². The molecular formula is C16H13Cl2NO2. The van der Waals surface area contributed by atoms with E-state index in [-0.39, 0.29) is 12.5 Å². The largest absolute Gasteiger partial charge is 0.392 e. The van der Waals surface area contributed by atoms with Gasteiger partial charge in [-0.05, 0) is 47.5 Å². The second-order valence-electron chi connectivity index (χ2n) is 4.35. The quantitative estimate of drug-likeness (QED) is 0.831. The van der Waals surface area contributed by atoms with Crippen LogP contribution in [0.1, 0.15) is 11.1 Å². The van der Waals surface area contributed by atoms with Crippen molar-refractivity contribution < 1.29 is 9.90 Å². The van der Waals surface area contributed by atoms with Crippen LogP contribution in [0, 0.1) is 0 Å². The molecule has 21 heavy (non-hydrogen) atoms. The minimum Gasteiger partial charge on any atom is -0.392 e. The van der Waals surface area contributed by atoms with Crippen LogP contribution in [-0.4, -0.2) is 11.0 Å². The second-order valence-corrected chi connectivity index (χ2v) is 5.19. The van der Waals surface area contributed by atoms with Gasteiger partial charge in [-0.2, -0.15) is 0 Å². The van der Waals surface area contributed by atoms with Crippen molar-refractivity contribution in [3.05, 3.63) is 69.7 Å². The van der Waals surface area contributed by atoms with Crippen LogP contribution < -0.4 is 5.32 Å². The zero-order valence-corrected chi connectivity index (χ0v) is 12.5. The van der Waals surface area contributed by atoms with E-state index in [1.165, 1.54) is 6.08 Å². The maximum absolute atomic E-state index is 11.8. The topological polar surface area (TPSA) is 49.3 Å². The number of anilines is 1. The van der Waals surface area contributed by atoms with Gasteiger partial charge >= 0.3 is 0 Å². The molecule has 5 heteroatoms. The van der Waals surface area contributed by atoms with Gasteiger partial charge in [-0.3, -0.25) is 4.79 Å². The van der Waals surface area contributed by atoms with Gasteiger partial charge in [0.1, 0.15) is 0 Å². The summed E-state index contributed by atoms with van der Waals surface area (Å²) in [5, 5.41) is 12.8. The highest BCUT2D eigenvalue weighted by atomic mass is 35.5. The summed E-state index contributed by atoms with van der Waals surface area (Å²) in [5.41, 5.74) is 2.02. The van der Waals surface area contributed by atoms with Crippen molar-refractivity contribution in [2.24, 2.45) is 0 Å². The zero-order valence-electron chi connectivity index (χ0n) is 11.0. The molecule has 0 fully saturated rings. The summed E-state index contributed by atoms with van der Waals surface area (Å²) in [6.45, 7) is -0.0718. The van der Waals surface area contributed by atoms with Crippen LogP contribution in [-0.2, 0) is 11.4 Å². The Bertz CT molecular complexity index is 684. The Morgan fingerprint density at radius 1 is 1.19 bits per heavy atom. The Kier molecular flexibility index (Phi) is 5.39. The molecule has 2 N–H and O–H groups in total. The van der Waals surface area contributed by atoms with Gasteiger partial charge in [-0.15, -0.1) is 0 Å². The lowest BCUT2D eigenvalue weighted by Crippen LogP contribution is -2.07. The van der Waals surface area contributed by atoms with E-state index in [0.717, 1.165) is 5.56 Å². The number of nitrogens with one attached hydrogen (secondary N) is 1. The molecule has 0 bridgehead atoms. The number of hydrogen-bond donors (Lipinski definition) is 2. The molecule has 0 atom stereocenters. The van der Waals surface area contributed by atoms with Crippen LogP contribution >= 0.6 is 23.2 Å². The third kappa shape index (κ3) is 4.60. The normalized spacial score (nSPS) is 10.8. The van der Waals surface area contributed by atoms with E-state index in [9.17, 15) is 4.79 Å². The molecule has 0 aliphatic carbocycles. The number of benzene rings is 2. The highest BCUT2D eigenvalue weighted by molar-refractivity contribution is 6.34. The van der Waals surface area contributed by atoms with Crippen molar-refractivity contribution in [1.82, 2.24) is 0 Å². The highest BCUT2D eigenvalue weighted by Gasteiger charge is 2.01. The lowest BCUT2D eigenvalue weighted by atomic mass is 10.2. The van der Waals surface area contributed by atoms with E-state index >= 15 is 0 Å². The molecule has 108 valence electrons. The summed E-state index contributed by atoms with van der Waals surface area (Å²) < 4.78 is 0. The molecule has 3 nitrogen and oxygen atoms in total. The molecule has 0 spiro atoms. The van der Waals surface area contributed by atoms with Crippen molar-refractivity contribution >= 4 is 40.9 Å². The van der Waals surface area contributed by atoms with Gasteiger partial charge < -0.3 is 10.4 Å². The summed E-state index contributed by atoms with van der Waals surface area (Å²) in [6, 6.07) is 12.0. The van der Waals surface area contributed by atoms with E-state index in [4.69, 9.17) is 28.3 Å². The molecule has 0 heterocycles. The number of amides is 1. The molecule has 0 saturated heterocycles. The number of rotatable bonds is 4. The Balaban J connectivity index is 2.07. The average Bonchev–Trinajstić information content (AvgIpc) is 2.48. The minimum atomic E-state index is -0.291. The van der Waals surface area contributed by atoms with E-state index < -0.39 is 0 Å². The summed E-state index contributed by atoms with van der Waals surface area (Å²) in [4.78, 5) is 11.8. The van der Waals surface area contributed by atoms with Gasteiger partial charge in [0.2, 0.25) is 5.91 Å². The molecule has 0 aromatic heterocycles. The van der Waals surface area contributed by atoms with Gasteiger partial charge in [0, 0.05) is 21.8 Å². The Morgan fingerprint density at radius 2 is 2.00 bits per heavy atom.